The Labute approximate surface area is 187 Å². The summed E-state index contributed by atoms with van der Waals surface area (Å²) in [5, 5.41) is 26.9. The van der Waals surface area contributed by atoms with Crippen LogP contribution >= 0.6 is 0 Å². The Morgan fingerprint density at radius 2 is 2.03 bits per heavy atom. The normalized spacial score (nSPS) is 25.5. The molecule has 8 nitrogen and oxygen atoms in total. The van der Waals surface area contributed by atoms with Gasteiger partial charge >= 0.3 is 0 Å². The van der Waals surface area contributed by atoms with Crippen LogP contribution in [-0.4, -0.2) is 70.9 Å². The molecular weight excluding hydrogens is 417 g/mol. The molecule has 1 saturated heterocycles. The predicted octanol–water partition coefficient (Wildman–Crippen LogP) is 2.28. The van der Waals surface area contributed by atoms with Crippen LogP contribution in [0.5, 0.6) is 0 Å². The molecule has 0 radical (unpaired) electrons. The number of rotatable bonds is 9. The fourth-order valence-electron chi connectivity index (χ4n) is 4.12. The molecule has 9 heteroatoms. The second kappa shape index (κ2) is 11.0. The molecule has 1 amide bonds. The highest BCUT2D eigenvalue weighted by Crippen LogP contribution is 2.27. The Morgan fingerprint density at radius 3 is 2.66 bits per heavy atom. The molecule has 176 valence electrons. The van der Waals surface area contributed by atoms with Crippen molar-refractivity contribution in [3.05, 3.63) is 42.3 Å². The van der Waals surface area contributed by atoms with E-state index in [1.54, 1.807) is 30.5 Å². The molecule has 6 atom stereocenters. The van der Waals surface area contributed by atoms with E-state index in [2.05, 4.69) is 10.5 Å². The van der Waals surface area contributed by atoms with Gasteiger partial charge in [-0.05, 0) is 31.5 Å². The Morgan fingerprint density at radius 1 is 1.31 bits per heavy atom. The minimum Gasteiger partial charge on any atom is -0.386 e. The van der Waals surface area contributed by atoms with E-state index in [-0.39, 0.29) is 30.4 Å². The van der Waals surface area contributed by atoms with Crippen LogP contribution in [0.25, 0.3) is 11.1 Å². The first-order chi connectivity index (χ1) is 15.3. The highest BCUT2D eigenvalue weighted by atomic mass is 19.1. The largest absolute Gasteiger partial charge is 0.386 e. The number of hydrogen-bond acceptors (Lipinski definition) is 7. The molecule has 1 aliphatic rings. The molecule has 1 aromatic carbocycles. The van der Waals surface area contributed by atoms with E-state index < -0.39 is 25.1 Å². The van der Waals surface area contributed by atoms with E-state index in [4.69, 9.17) is 9.26 Å². The summed E-state index contributed by atoms with van der Waals surface area (Å²) in [5.74, 6) is -0.423. The van der Waals surface area contributed by atoms with Gasteiger partial charge in [0.15, 0.2) is 6.29 Å². The number of amides is 1. The van der Waals surface area contributed by atoms with Crippen molar-refractivity contribution in [2.75, 3.05) is 20.3 Å². The summed E-state index contributed by atoms with van der Waals surface area (Å²) in [7, 11) is 1.90. The summed E-state index contributed by atoms with van der Waals surface area (Å²) in [4.78, 5) is 14.5. The van der Waals surface area contributed by atoms with Crippen molar-refractivity contribution < 1.29 is 28.7 Å². The molecule has 1 aromatic heterocycles. The number of aliphatic hydroxyl groups is 2. The molecule has 1 unspecified atom stereocenters. The Kier molecular flexibility index (Phi) is 8.36. The van der Waals surface area contributed by atoms with Crippen LogP contribution in [0.1, 0.15) is 38.4 Å². The van der Waals surface area contributed by atoms with E-state index >= 15 is 0 Å². The third-order valence-electron chi connectivity index (χ3n) is 6.17. The quantitative estimate of drug-likeness (QED) is 0.539. The van der Waals surface area contributed by atoms with E-state index in [9.17, 15) is 19.4 Å². The number of aliphatic hydroxyl groups excluding tert-OH is 2. The minimum atomic E-state index is -1.18. The SMILES string of the molecule is CC1[C@H](O)O[C@H](C)C[C@@H]1N(C)CCC(=O)N[C@H](CF)[C@H](O)c1ccc(-c2cnoc2)cc1. The van der Waals surface area contributed by atoms with Crippen molar-refractivity contribution in [3.63, 3.8) is 0 Å². The van der Waals surface area contributed by atoms with Gasteiger partial charge in [-0.15, -0.1) is 0 Å². The lowest BCUT2D eigenvalue weighted by atomic mass is 9.91. The zero-order valence-electron chi connectivity index (χ0n) is 18.6. The number of nitrogens with one attached hydrogen (secondary N) is 1. The first-order valence-electron chi connectivity index (χ1n) is 10.9. The average Bonchev–Trinajstić information content (AvgIpc) is 3.33. The Hall–Kier alpha value is -2.33. The van der Waals surface area contributed by atoms with Gasteiger partial charge in [-0.25, -0.2) is 4.39 Å². The molecule has 0 bridgehead atoms. The molecule has 32 heavy (non-hydrogen) atoms. The molecule has 2 heterocycles. The van der Waals surface area contributed by atoms with Crippen molar-refractivity contribution in [1.82, 2.24) is 15.4 Å². The third kappa shape index (κ3) is 5.92. The van der Waals surface area contributed by atoms with E-state index in [1.165, 1.54) is 6.26 Å². The number of carbonyl (C=O) groups excluding carboxylic acids is 1. The predicted molar refractivity (Wildman–Crippen MR) is 116 cm³/mol. The van der Waals surface area contributed by atoms with E-state index in [0.717, 1.165) is 17.5 Å². The maximum Gasteiger partial charge on any atom is 0.221 e. The van der Waals surface area contributed by atoms with Gasteiger partial charge < -0.3 is 29.7 Å². The molecular formula is C23H32FN3O5. The molecule has 1 aliphatic heterocycles. The summed E-state index contributed by atoms with van der Waals surface area (Å²) in [6.45, 7) is 3.38. The standard InChI is InChI=1S/C23H32FN3O5/c1-14-10-20(15(2)23(30)32-14)27(3)9-8-21(28)26-19(11-24)22(29)17-6-4-16(5-7-17)18-12-25-31-13-18/h4-7,12-15,19-20,22-23,29-30H,8-11H2,1-3H3,(H,26,28)/t14-,15?,19-,20+,22-,23-/m1/s1. The minimum absolute atomic E-state index is 0.0651. The summed E-state index contributed by atoms with van der Waals surface area (Å²) in [5.41, 5.74) is 2.16. The topological polar surface area (TPSA) is 108 Å². The van der Waals surface area contributed by atoms with Gasteiger partial charge in [0.2, 0.25) is 5.91 Å². The summed E-state index contributed by atoms with van der Waals surface area (Å²) >= 11 is 0. The van der Waals surface area contributed by atoms with Gasteiger partial charge in [0.05, 0.1) is 18.3 Å². The van der Waals surface area contributed by atoms with Crippen LogP contribution in [0.2, 0.25) is 0 Å². The molecule has 3 N–H and O–H groups in total. The second-order valence-corrected chi connectivity index (χ2v) is 8.54. The van der Waals surface area contributed by atoms with Crippen molar-refractivity contribution in [2.45, 2.75) is 57.3 Å². The summed E-state index contributed by atoms with van der Waals surface area (Å²) in [6.07, 6.45) is 1.93. The number of hydrogen-bond donors (Lipinski definition) is 3. The number of alkyl halides is 1. The fraction of sp³-hybridized carbons (Fsp3) is 0.565. The third-order valence-corrected chi connectivity index (χ3v) is 6.17. The van der Waals surface area contributed by atoms with Gasteiger partial charge in [-0.1, -0.05) is 36.3 Å². The fourth-order valence-corrected chi connectivity index (χ4v) is 4.12. The summed E-state index contributed by atoms with van der Waals surface area (Å²) in [6, 6.07) is 5.97. The van der Waals surface area contributed by atoms with Crippen LogP contribution in [0.15, 0.2) is 41.2 Å². The number of aromatic nitrogens is 1. The number of nitrogens with zero attached hydrogens (tertiary/aromatic N) is 2. The molecule has 0 saturated carbocycles. The highest BCUT2D eigenvalue weighted by molar-refractivity contribution is 5.76. The number of carbonyl (C=O) groups is 1. The first-order valence-corrected chi connectivity index (χ1v) is 10.9. The number of ether oxygens (including phenoxy) is 1. The molecule has 0 spiro atoms. The maximum absolute atomic E-state index is 13.6. The van der Waals surface area contributed by atoms with Crippen molar-refractivity contribution in [2.24, 2.45) is 5.92 Å². The van der Waals surface area contributed by atoms with Gasteiger partial charge in [0.1, 0.15) is 19.0 Å². The lowest BCUT2D eigenvalue weighted by Gasteiger charge is -2.41. The maximum atomic E-state index is 13.6. The van der Waals surface area contributed by atoms with Gasteiger partial charge in [-0.2, -0.15) is 0 Å². The molecule has 3 rings (SSSR count). The Bertz CT molecular complexity index is 848. The lowest BCUT2D eigenvalue weighted by Crippen LogP contribution is -2.50. The van der Waals surface area contributed by atoms with Gasteiger partial charge in [-0.3, -0.25) is 4.79 Å². The number of halogens is 1. The van der Waals surface area contributed by atoms with Crippen molar-refractivity contribution in [1.29, 1.82) is 0 Å². The average molecular weight is 450 g/mol. The highest BCUT2D eigenvalue weighted by Gasteiger charge is 2.35. The monoisotopic (exact) mass is 449 g/mol. The van der Waals surface area contributed by atoms with Crippen LogP contribution < -0.4 is 5.32 Å². The van der Waals surface area contributed by atoms with Gasteiger partial charge in [0, 0.05) is 30.5 Å². The van der Waals surface area contributed by atoms with E-state index in [1.807, 2.05) is 25.8 Å². The zero-order valence-corrected chi connectivity index (χ0v) is 18.6. The van der Waals surface area contributed by atoms with E-state index in [0.29, 0.717) is 12.1 Å². The molecule has 2 aromatic rings. The van der Waals surface area contributed by atoms with Crippen LogP contribution in [0, 0.1) is 5.92 Å². The Balaban J connectivity index is 1.52. The summed E-state index contributed by atoms with van der Waals surface area (Å²) < 4.78 is 23.9. The number of benzene rings is 1. The first kappa shape index (κ1) is 24.3. The lowest BCUT2D eigenvalue weighted by molar-refractivity contribution is -0.204. The van der Waals surface area contributed by atoms with Crippen molar-refractivity contribution in [3.8, 4) is 11.1 Å². The van der Waals surface area contributed by atoms with Crippen molar-refractivity contribution >= 4 is 5.91 Å². The smallest absolute Gasteiger partial charge is 0.221 e. The van der Waals surface area contributed by atoms with Crippen LogP contribution in [0.3, 0.4) is 0 Å². The van der Waals surface area contributed by atoms with Crippen LogP contribution in [0.4, 0.5) is 4.39 Å². The van der Waals surface area contributed by atoms with Crippen LogP contribution in [-0.2, 0) is 9.53 Å². The zero-order chi connectivity index (χ0) is 23.3. The van der Waals surface area contributed by atoms with Gasteiger partial charge in [0.25, 0.3) is 0 Å². The molecule has 0 aliphatic carbocycles. The second-order valence-electron chi connectivity index (χ2n) is 8.54. The molecule has 1 fully saturated rings.